The van der Waals surface area contributed by atoms with Crippen molar-refractivity contribution >= 4 is 35.1 Å². The smallest absolute Gasteiger partial charge is 0.162 e. The Balaban J connectivity index is 1.65. The van der Waals surface area contributed by atoms with Crippen molar-refractivity contribution in [2.45, 2.75) is 6.42 Å². The van der Waals surface area contributed by atoms with E-state index in [1.807, 2.05) is 24.3 Å². The zero-order valence-corrected chi connectivity index (χ0v) is 14.7. The van der Waals surface area contributed by atoms with Gasteiger partial charge in [0.1, 0.15) is 5.75 Å². The normalized spacial score (nSPS) is 11.0. The molecule has 128 valence electrons. The van der Waals surface area contributed by atoms with Gasteiger partial charge in [-0.1, -0.05) is 23.2 Å². The van der Waals surface area contributed by atoms with Crippen LogP contribution < -0.4 is 10.2 Å². The predicted molar refractivity (Wildman–Crippen MR) is 98.0 cm³/mol. The van der Waals surface area contributed by atoms with E-state index in [0.717, 1.165) is 17.1 Å². The lowest BCUT2D eigenvalue weighted by Gasteiger charge is -2.04. The lowest BCUT2D eigenvalue weighted by atomic mass is 10.3. The van der Waals surface area contributed by atoms with E-state index >= 15 is 0 Å². The van der Waals surface area contributed by atoms with Gasteiger partial charge in [-0.3, -0.25) is 5.43 Å². The molecule has 0 amide bonds. The molecule has 3 aromatic rings. The predicted octanol–water partition coefficient (Wildman–Crippen LogP) is 3.62. The van der Waals surface area contributed by atoms with Crippen molar-refractivity contribution in [3.05, 3.63) is 58.3 Å². The van der Waals surface area contributed by atoms with Crippen LogP contribution in [0.5, 0.6) is 5.75 Å². The van der Waals surface area contributed by atoms with Crippen molar-refractivity contribution in [1.29, 1.82) is 0 Å². The maximum atomic E-state index is 5.96. The van der Waals surface area contributed by atoms with Crippen LogP contribution in [-0.4, -0.2) is 33.5 Å². The Morgan fingerprint density at radius 1 is 1.16 bits per heavy atom. The second-order valence-corrected chi connectivity index (χ2v) is 5.78. The van der Waals surface area contributed by atoms with Gasteiger partial charge in [-0.25, -0.2) is 0 Å². The van der Waals surface area contributed by atoms with Gasteiger partial charge in [0.25, 0.3) is 0 Å². The number of nitrogens with one attached hydrogen (secondary N) is 1. The molecule has 0 atom stereocenters. The van der Waals surface area contributed by atoms with Gasteiger partial charge >= 0.3 is 0 Å². The van der Waals surface area contributed by atoms with Gasteiger partial charge in [0, 0.05) is 12.6 Å². The Labute approximate surface area is 154 Å². The molecule has 0 bridgehead atoms. The Bertz CT molecular complexity index is 879. The van der Waals surface area contributed by atoms with Crippen LogP contribution in [0.25, 0.3) is 5.69 Å². The van der Waals surface area contributed by atoms with E-state index in [1.54, 1.807) is 36.2 Å². The number of ether oxygens (including phenoxy) is 1. The highest BCUT2D eigenvalue weighted by molar-refractivity contribution is 6.42. The van der Waals surface area contributed by atoms with Crippen LogP contribution in [0.1, 0.15) is 5.82 Å². The molecule has 0 aliphatic heterocycles. The van der Waals surface area contributed by atoms with Crippen molar-refractivity contribution in [3.8, 4) is 11.4 Å². The number of tetrazole rings is 1. The summed E-state index contributed by atoms with van der Waals surface area (Å²) in [6.07, 6.45) is 2.13. The minimum Gasteiger partial charge on any atom is -0.497 e. The molecule has 25 heavy (non-hydrogen) atoms. The largest absolute Gasteiger partial charge is 0.497 e. The molecular weight excluding hydrogens is 363 g/mol. The molecule has 3 rings (SSSR count). The van der Waals surface area contributed by atoms with Gasteiger partial charge in [-0.05, 0) is 52.9 Å². The maximum Gasteiger partial charge on any atom is 0.162 e. The highest BCUT2D eigenvalue weighted by Crippen LogP contribution is 2.24. The van der Waals surface area contributed by atoms with Crippen molar-refractivity contribution in [2.24, 2.45) is 5.10 Å². The summed E-state index contributed by atoms with van der Waals surface area (Å²) in [5.41, 5.74) is 4.46. The summed E-state index contributed by atoms with van der Waals surface area (Å²) in [6.45, 7) is 0. The van der Waals surface area contributed by atoms with Crippen LogP contribution in [0.2, 0.25) is 10.0 Å². The topological polar surface area (TPSA) is 77.2 Å². The number of anilines is 1. The fourth-order valence-corrected chi connectivity index (χ4v) is 2.37. The highest BCUT2D eigenvalue weighted by atomic mass is 35.5. The maximum absolute atomic E-state index is 5.96. The second-order valence-electron chi connectivity index (χ2n) is 4.96. The van der Waals surface area contributed by atoms with E-state index in [4.69, 9.17) is 27.9 Å². The number of methoxy groups -OCH3 is 1. The fraction of sp³-hybridized carbons (Fsp3) is 0.125. The number of hydrazone groups is 1. The van der Waals surface area contributed by atoms with E-state index in [1.165, 1.54) is 0 Å². The third-order valence-corrected chi connectivity index (χ3v) is 4.07. The first kappa shape index (κ1) is 17.2. The van der Waals surface area contributed by atoms with Crippen LogP contribution in [0.15, 0.2) is 47.6 Å². The van der Waals surface area contributed by atoms with E-state index < -0.39 is 0 Å². The van der Waals surface area contributed by atoms with Crippen LogP contribution in [0.4, 0.5) is 5.69 Å². The lowest BCUT2D eigenvalue weighted by molar-refractivity contribution is 0.414. The molecule has 1 N–H and O–H groups in total. The van der Waals surface area contributed by atoms with Gasteiger partial charge in [0.05, 0.1) is 28.5 Å². The minimum absolute atomic E-state index is 0.452. The molecule has 1 aromatic heterocycles. The first-order chi connectivity index (χ1) is 12.2. The number of nitrogens with zero attached hydrogens (tertiary/aromatic N) is 5. The Morgan fingerprint density at radius 3 is 2.68 bits per heavy atom. The van der Waals surface area contributed by atoms with Gasteiger partial charge < -0.3 is 4.74 Å². The lowest BCUT2D eigenvalue weighted by Crippen LogP contribution is -2.04. The summed E-state index contributed by atoms with van der Waals surface area (Å²) in [5, 5.41) is 16.8. The molecule has 0 radical (unpaired) electrons. The number of rotatable bonds is 6. The third-order valence-electron chi connectivity index (χ3n) is 3.33. The van der Waals surface area contributed by atoms with Crippen LogP contribution >= 0.6 is 23.2 Å². The zero-order valence-electron chi connectivity index (χ0n) is 13.2. The van der Waals surface area contributed by atoms with Crippen molar-refractivity contribution < 1.29 is 4.74 Å². The fourth-order valence-electron chi connectivity index (χ4n) is 2.07. The van der Waals surface area contributed by atoms with Gasteiger partial charge in [-0.15, -0.1) is 5.10 Å². The SMILES string of the molecule is COc1ccc(-n2nnnc2C/C=N/Nc2ccc(Cl)c(Cl)c2)cc1. The number of hydrogen-bond donors (Lipinski definition) is 1. The van der Waals surface area contributed by atoms with Crippen molar-refractivity contribution in [3.63, 3.8) is 0 Å². The molecule has 0 unspecified atom stereocenters. The van der Waals surface area contributed by atoms with Crippen LogP contribution in [0, 0.1) is 0 Å². The number of halogens is 2. The van der Waals surface area contributed by atoms with E-state index in [2.05, 4.69) is 26.1 Å². The molecule has 7 nitrogen and oxygen atoms in total. The Morgan fingerprint density at radius 2 is 1.96 bits per heavy atom. The quantitative estimate of drug-likeness (QED) is 0.525. The van der Waals surface area contributed by atoms with Gasteiger partial charge in [-0.2, -0.15) is 9.78 Å². The summed E-state index contributed by atoms with van der Waals surface area (Å²) in [6, 6.07) is 12.6. The summed E-state index contributed by atoms with van der Waals surface area (Å²) in [5.74, 6) is 1.43. The molecule has 1 heterocycles. The van der Waals surface area contributed by atoms with Crippen LogP contribution in [0.3, 0.4) is 0 Å². The van der Waals surface area contributed by atoms with E-state index in [-0.39, 0.29) is 0 Å². The molecule has 0 fully saturated rings. The van der Waals surface area contributed by atoms with Gasteiger partial charge in [0.2, 0.25) is 0 Å². The van der Waals surface area contributed by atoms with Crippen molar-refractivity contribution in [2.75, 3.05) is 12.5 Å². The molecule has 0 saturated carbocycles. The summed E-state index contributed by atoms with van der Waals surface area (Å²) in [7, 11) is 1.62. The molecule has 2 aromatic carbocycles. The average Bonchev–Trinajstić information content (AvgIpc) is 3.10. The first-order valence-electron chi connectivity index (χ1n) is 7.31. The monoisotopic (exact) mass is 376 g/mol. The van der Waals surface area contributed by atoms with E-state index in [0.29, 0.717) is 22.3 Å². The molecule has 0 saturated heterocycles. The molecule has 0 aliphatic rings. The molecule has 0 spiro atoms. The van der Waals surface area contributed by atoms with E-state index in [9.17, 15) is 0 Å². The first-order valence-corrected chi connectivity index (χ1v) is 8.07. The Kier molecular flexibility index (Phi) is 5.47. The third kappa shape index (κ3) is 4.26. The van der Waals surface area contributed by atoms with Crippen molar-refractivity contribution in [1.82, 2.24) is 20.2 Å². The minimum atomic E-state index is 0.452. The zero-order chi connectivity index (χ0) is 17.6. The van der Waals surface area contributed by atoms with Gasteiger partial charge in [0.15, 0.2) is 5.82 Å². The number of hydrogen-bond acceptors (Lipinski definition) is 6. The standard InChI is InChI=1S/C16H14Cl2N6O/c1-25-13-5-3-12(4-6-13)24-16(21-22-23-24)8-9-19-20-11-2-7-14(17)15(18)10-11/h2-7,9-10,20H,8H2,1H3/b19-9+. The molecular formula is C16H14Cl2N6O. The Hall–Kier alpha value is -2.64. The average molecular weight is 377 g/mol. The summed E-state index contributed by atoms with van der Waals surface area (Å²) in [4.78, 5) is 0. The summed E-state index contributed by atoms with van der Waals surface area (Å²) < 4.78 is 6.79. The highest BCUT2D eigenvalue weighted by Gasteiger charge is 2.07. The van der Waals surface area contributed by atoms with Crippen LogP contribution in [-0.2, 0) is 6.42 Å². The summed E-state index contributed by atoms with van der Waals surface area (Å²) >= 11 is 11.8. The molecule has 0 aliphatic carbocycles. The number of benzene rings is 2. The number of aromatic nitrogens is 4. The second kappa shape index (κ2) is 7.96. The molecule has 9 heteroatoms.